The van der Waals surface area contributed by atoms with Crippen LogP contribution in [0.5, 0.6) is 0 Å². The fourth-order valence-electron chi connectivity index (χ4n) is 8.77. The Morgan fingerprint density at radius 1 is 0.302 bits per heavy atom. The number of para-hydroxylation sites is 1. The smallest absolute Gasteiger partial charge is 0.162 e. The highest BCUT2D eigenvalue weighted by Crippen LogP contribution is 2.40. The minimum atomic E-state index is 0.604. The molecule has 0 saturated heterocycles. The van der Waals surface area contributed by atoms with Gasteiger partial charge in [0.25, 0.3) is 0 Å². The molecule has 0 fully saturated rings. The molecule has 0 aliphatic rings. The van der Waals surface area contributed by atoms with Crippen LogP contribution in [0, 0.1) is 13.8 Å². The van der Waals surface area contributed by atoms with Crippen LogP contribution < -0.4 is 0 Å². The van der Waals surface area contributed by atoms with Crippen LogP contribution >= 0.6 is 0 Å². The summed E-state index contributed by atoms with van der Waals surface area (Å²) in [6.45, 7) is 4.32. The van der Waals surface area contributed by atoms with E-state index in [9.17, 15) is 0 Å². The predicted octanol–water partition coefficient (Wildman–Crippen LogP) is 14.6. The van der Waals surface area contributed by atoms with Crippen molar-refractivity contribution in [2.75, 3.05) is 0 Å². The molecule has 11 aromatic rings. The van der Waals surface area contributed by atoms with Crippen molar-refractivity contribution < 1.29 is 0 Å². The summed E-state index contributed by atoms with van der Waals surface area (Å²) >= 11 is 0. The van der Waals surface area contributed by atoms with Crippen LogP contribution in [0.1, 0.15) is 11.1 Å². The first-order valence-corrected chi connectivity index (χ1v) is 21.3. The van der Waals surface area contributed by atoms with Crippen LogP contribution in [0.15, 0.2) is 212 Å². The molecule has 63 heavy (non-hydrogen) atoms. The topological polar surface area (TPSA) is 56.5 Å². The Balaban J connectivity index is 1.19. The van der Waals surface area contributed by atoms with E-state index in [1.807, 2.05) is 48.5 Å². The van der Waals surface area contributed by atoms with Gasteiger partial charge < -0.3 is 4.57 Å². The van der Waals surface area contributed by atoms with Gasteiger partial charge in [-0.05, 0) is 73.5 Å². The van der Waals surface area contributed by atoms with E-state index < -0.39 is 0 Å². The number of aromatic nitrogens is 5. The van der Waals surface area contributed by atoms with Gasteiger partial charge in [0.1, 0.15) is 0 Å². The van der Waals surface area contributed by atoms with Gasteiger partial charge in [-0.2, -0.15) is 0 Å². The van der Waals surface area contributed by atoms with E-state index in [4.69, 9.17) is 19.9 Å². The van der Waals surface area contributed by atoms with Crippen molar-refractivity contribution in [2.24, 2.45) is 0 Å². The Morgan fingerprint density at radius 2 is 0.746 bits per heavy atom. The molecule has 0 N–H and O–H groups in total. The minimum absolute atomic E-state index is 0.604. The molecule has 3 heterocycles. The van der Waals surface area contributed by atoms with E-state index in [1.54, 1.807) is 0 Å². The highest BCUT2D eigenvalue weighted by atomic mass is 15.0. The summed E-state index contributed by atoms with van der Waals surface area (Å²) in [6.07, 6.45) is 0. The van der Waals surface area contributed by atoms with Crippen molar-refractivity contribution in [3.8, 4) is 84.6 Å². The second-order valence-electron chi connectivity index (χ2n) is 16.1. The number of rotatable bonds is 8. The van der Waals surface area contributed by atoms with E-state index in [-0.39, 0.29) is 0 Å². The van der Waals surface area contributed by atoms with Crippen LogP contribution in [0.3, 0.4) is 0 Å². The Labute approximate surface area is 366 Å². The van der Waals surface area contributed by atoms with Gasteiger partial charge in [-0.15, -0.1) is 0 Å². The van der Waals surface area contributed by atoms with E-state index in [2.05, 4.69) is 182 Å². The normalized spacial score (nSPS) is 11.3. The quantitative estimate of drug-likeness (QED) is 0.153. The maximum atomic E-state index is 5.40. The summed E-state index contributed by atoms with van der Waals surface area (Å²) < 4.78 is 2.37. The second-order valence-corrected chi connectivity index (χ2v) is 16.1. The fourth-order valence-corrected chi connectivity index (χ4v) is 8.77. The van der Waals surface area contributed by atoms with E-state index in [1.165, 1.54) is 33.0 Å². The number of nitrogens with zero attached hydrogens (tertiary/aromatic N) is 5. The number of benzene rings is 8. The SMILES string of the molecule is Cc1cc(C)cc(-c2ccc3c(c2)c2ccccc2n3-c2ccc(-c3nc(-c4ccccc4)cc(-c4ccccc4)n3)cc2-c2nc(-c3ccccc3)cc(-c3ccccc3)n2)c1. The third kappa shape index (κ3) is 7.26. The molecule has 0 radical (unpaired) electrons. The van der Waals surface area contributed by atoms with Crippen LogP contribution in [-0.2, 0) is 0 Å². The van der Waals surface area contributed by atoms with Crippen LogP contribution in [-0.4, -0.2) is 24.5 Å². The van der Waals surface area contributed by atoms with Crippen LogP contribution in [0.25, 0.3) is 106 Å². The highest BCUT2D eigenvalue weighted by molar-refractivity contribution is 6.11. The van der Waals surface area contributed by atoms with Gasteiger partial charge in [-0.25, -0.2) is 19.9 Å². The largest absolute Gasteiger partial charge is 0.309 e. The first kappa shape index (κ1) is 37.7. The molecule has 0 aliphatic carbocycles. The molecule has 3 aromatic heterocycles. The Morgan fingerprint density at radius 3 is 1.27 bits per heavy atom. The van der Waals surface area contributed by atoms with Gasteiger partial charge in [-0.3, -0.25) is 0 Å². The molecule has 0 aliphatic heterocycles. The zero-order valence-corrected chi connectivity index (χ0v) is 34.9. The molecule has 0 unspecified atom stereocenters. The third-order valence-corrected chi connectivity index (χ3v) is 11.7. The van der Waals surface area contributed by atoms with E-state index in [0.717, 1.165) is 72.9 Å². The van der Waals surface area contributed by atoms with Gasteiger partial charge in [0.05, 0.1) is 39.5 Å². The number of aryl methyl sites for hydroxylation is 2. The summed E-state index contributed by atoms with van der Waals surface area (Å²) in [7, 11) is 0. The molecule has 8 aromatic carbocycles. The Bertz CT molecular complexity index is 3320. The molecule has 5 heteroatoms. The molecule has 5 nitrogen and oxygen atoms in total. The molecule has 0 atom stereocenters. The van der Waals surface area contributed by atoms with Gasteiger partial charge in [0, 0.05) is 44.2 Å². The van der Waals surface area contributed by atoms with Crippen LogP contribution in [0.4, 0.5) is 0 Å². The minimum Gasteiger partial charge on any atom is -0.309 e. The predicted molar refractivity (Wildman–Crippen MR) is 259 cm³/mol. The van der Waals surface area contributed by atoms with Crippen LogP contribution in [0.2, 0.25) is 0 Å². The molecule has 298 valence electrons. The lowest BCUT2D eigenvalue weighted by atomic mass is 9.99. The molecule has 0 bridgehead atoms. The molecule has 0 saturated carbocycles. The van der Waals surface area contributed by atoms with Crippen molar-refractivity contribution in [1.29, 1.82) is 0 Å². The molecule has 11 rings (SSSR count). The lowest BCUT2D eigenvalue weighted by molar-refractivity contribution is 1.13. The number of fused-ring (bicyclic) bond motifs is 3. The summed E-state index contributed by atoms with van der Waals surface area (Å²) in [5, 5.41) is 2.34. The maximum absolute atomic E-state index is 5.40. The first-order valence-electron chi connectivity index (χ1n) is 21.3. The van der Waals surface area contributed by atoms with Crippen molar-refractivity contribution in [3.05, 3.63) is 223 Å². The van der Waals surface area contributed by atoms with Gasteiger partial charge in [0.15, 0.2) is 11.6 Å². The molecular formula is C58H41N5. The molecule has 0 spiro atoms. The molecular weight excluding hydrogens is 767 g/mol. The van der Waals surface area contributed by atoms with Crippen molar-refractivity contribution in [2.45, 2.75) is 13.8 Å². The monoisotopic (exact) mass is 807 g/mol. The number of hydrogen-bond donors (Lipinski definition) is 0. The summed E-state index contributed by atoms with van der Waals surface area (Å²) in [6, 6.07) is 74.3. The fraction of sp³-hybridized carbons (Fsp3) is 0.0345. The lowest BCUT2D eigenvalue weighted by Gasteiger charge is -2.17. The Hall–Kier alpha value is -8.28. The van der Waals surface area contributed by atoms with Crippen molar-refractivity contribution in [3.63, 3.8) is 0 Å². The lowest BCUT2D eigenvalue weighted by Crippen LogP contribution is -2.03. The van der Waals surface area contributed by atoms with Crippen molar-refractivity contribution >= 4 is 21.8 Å². The average Bonchev–Trinajstić information content (AvgIpc) is 3.68. The first-order chi connectivity index (χ1) is 31.0. The summed E-state index contributed by atoms with van der Waals surface area (Å²) in [4.78, 5) is 21.3. The third-order valence-electron chi connectivity index (χ3n) is 11.7. The number of hydrogen-bond acceptors (Lipinski definition) is 4. The summed E-state index contributed by atoms with van der Waals surface area (Å²) in [5.41, 5.74) is 17.2. The maximum Gasteiger partial charge on any atom is 0.162 e. The summed E-state index contributed by atoms with van der Waals surface area (Å²) in [5.74, 6) is 1.22. The molecule has 0 amide bonds. The van der Waals surface area contributed by atoms with Gasteiger partial charge >= 0.3 is 0 Å². The van der Waals surface area contributed by atoms with Gasteiger partial charge in [0.2, 0.25) is 0 Å². The zero-order chi connectivity index (χ0) is 42.3. The van der Waals surface area contributed by atoms with Gasteiger partial charge in [-0.1, -0.05) is 175 Å². The zero-order valence-electron chi connectivity index (χ0n) is 34.9. The van der Waals surface area contributed by atoms with E-state index >= 15 is 0 Å². The highest BCUT2D eigenvalue weighted by Gasteiger charge is 2.21. The second kappa shape index (κ2) is 16.0. The van der Waals surface area contributed by atoms with Crippen molar-refractivity contribution in [1.82, 2.24) is 24.5 Å². The average molecular weight is 808 g/mol. The van der Waals surface area contributed by atoms with E-state index in [0.29, 0.717) is 11.6 Å². The standard InChI is InChI=1S/C58H41N5/c1-38-31-39(2)33-46(32-38)44-27-29-55-48(34-44)47-25-15-16-26-54(47)63(55)56-30-28-45(57-59-50(40-17-7-3-8-18-40)36-51(60-57)41-19-9-4-10-20-41)35-49(56)58-61-52(42-21-11-5-12-22-42)37-53(62-58)43-23-13-6-14-24-43/h3-37H,1-2H3. The Kier molecular flexibility index (Phi) is 9.55.